The maximum Gasteiger partial charge on any atom is 0.235 e. The first kappa shape index (κ1) is 18.7. The number of hydrogen-bond acceptors (Lipinski definition) is 5. The molecule has 1 aromatic heterocycles. The zero-order chi connectivity index (χ0) is 20.2. The number of nitrogens with zero attached hydrogens (tertiary/aromatic N) is 4. The molecule has 0 bridgehead atoms. The lowest BCUT2D eigenvalue weighted by molar-refractivity contribution is -0.122. The fourth-order valence-electron chi connectivity index (χ4n) is 3.38. The second-order valence-corrected chi connectivity index (χ2v) is 6.66. The minimum Gasteiger partial charge on any atom is -0.492 e. The van der Waals surface area contributed by atoms with Gasteiger partial charge in [-0.3, -0.25) is 19.5 Å². The Kier molecular flexibility index (Phi) is 5.24. The maximum atomic E-state index is 12.8. The third-order valence-corrected chi connectivity index (χ3v) is 4.77. The lowest BCUT2D eigenvalue weighted by Crippen LogP contribution is -2.29. The van der Waals surface area contributed by atoms with Crippen LogP contribution in [0.25, 0.3) is 5.69 Å². The molecule has 29 heavy (non-hydrogen) atoms. The average Bonchev–Trinajstić information content (AvgIpc) is 3.36. The highest BCUT2D eigenvalue weighted by molar-refractivity contribution is 6.03. The number of carbonyl (C=O) groups is 2. The molecule has 1 aliphatic rings. The normalized spacial score (nSPS) is 16.1. The molecule has 1 saturated heterocycles. The summed E-state index contributed by atoms with van der Waals surface area (Å²) in [6.07, 6.45) is 1.67. The fraction of sp³-hybridized carbons (Fsp3) is 0.238. The summed E-state index contributed by atoms with van der Waals surface area (Å²) in [6, 6.07) is 16.8. The van der Waals surface area contributed by atoms with Gasteiger partial charge < -0.3 is 9.64 Å². The summed E-state index contributed by atoms with van der Waals surface area (Å²) >= 11 is 0. The van der Waals surface area contributed by atoms with E-state index in [0.717, 1.165) is 5.69 Å². The zero-order valence-electron chi connectivity index (χ0n) is 16.0. The summed E-state index contributed by atoms with van der Waals surface area (Å²) in [6.45, 7) is 2.67. The van der Waals surface area contributed by atoms with Crippen molar-refractivity contribution in [2.24, 2.45) is 5.92 Å². The van der Waals surface area contributed by atoms with Crippen molar-refractivity contribution in [3.63, 3.8) is 0 Å². The van der Waals surface area contributed by atoms with Gasteiger partial charge in [0.25, 0.3) is 0 Å². The molecule has 4 rings (SSSR count). The van der Waals surface area contributed by atoms with Crippen LogP contribution in [0.3, 0.4) is 0 Å². The van der Waals surface area contributed by atoms with Crippen molar-refractivity contribution in [3.05, 3.63) is 60.9 Å². The topological polar surface area (TPSA) is 89.3 Å². The van der Waals surface area contributed by atoms with Gasteiger partial charge >= 0.3 is 0 Å². The highest BCUT2D eigenvalue weighted by Gasteiger charge is 2.36. The molecule has 0 aliphatic carbocycles. The average molecular weight is 391 g/mol. The summed E-state index contributed by atoms with van der Waals surface area (Å²) in [4.78, 5) is 27.0. The van der Waals surface area contributed by atoms with Crippen molar-refractivity contribution in [3.8, 4) is 11.4 Å². The standard InChI is InChI=1S/C21H21N5O3/c1-2-29-18-11-7-6-10-17(18)25-13-15(12-19(25)27)20(28)23-21-24-22-14-26(21)16-8-4-3-5-9-16/h3-11,14-15H,2,12-13H2,1H3,(H,23,24,28). The monoisotopic (exact) mass is 391 g/mol. The van der Waals surface area contributed by atoms with Gasteiger partial charge in [-0.15, -0.1) is 10.2 Å². The largest absolute Gasteiger partial charge is 0.492 e. The molecule has 1 aliphatic heterocycles. The predicted molar refractivity (Wildman–Crippen MR) is 108 cm³/mol. The smallest absolute Gasteiger partial charge is 0.235 e. The van der Waals surface area contributed by atoms with Gasteiger partial charge in [-0.1, -0.05) is 30.3 Å². The maximum absolute atomic E-state index is 12.8. The molecule has 148 valence electrons. The van der Waals surface area contributed by atoms with Crippen LogP contribution in [-0.2, 0) is 9.59 Å². The third-order valence-electron chi connectivity index (χ3n) is 4.77. The van der Waals surface area contributed by atoms with Crippen LogP contribution in [0.15, 0.2) is 60.9 Å². The number of aromatic nitrogens is 3. The van der Waals surface area contributed by atoms with E-state index in [9.17, 15) is 9.59 Å². The van der Waals surface area contributed by atoms with Crippen molar-refractivity contribution >= 4 is 23.5 Å². The van der Waals surface area contributed by atoms with Gasteiger partial charge in [-0.25, -0.2) is 0 Å². The van der Waals surface area contributed by atoms with Crippen molar-refractivity contribution in [2.45, 2.75) is 13.3 Å². The van der Waals surface area contributed by atoms with E-state index in [1.165, 1.54) is 6.33 Å². The Hall–Kier alpha value is -3.68. The predicted octanol–water partition coefficient (Wildman–Crippen LogP) is 2.66. The molecule has 8 heteroatoms. The van der Waals surface area contributed by atoms with Crippen molar-refractivity contribution in [2.75, 3.05) is 23.4 Å². The molecule has 1 fully saturated rings. The van der Waals surface area contributed by atoms with E-state index in [1.807, 2.05) is 61.5 Å². The second kappa shape index (κ2) is 8.14. The number of rotatable bonds is 6. The molecular formula is C21H21N5O3. The van der Waals surface area contributed by atoms with Gasteiger partial charge in [0, 0.05) is 13.0 Å². The number of anilines is 2. The number of amides is 2. The van der Waals surface area contributed by atoms with Crippen molar-refractivity contribution < 1.29 is 14.3 Å². The van der Waals surface area contributed by atoms with Crippen LogP contribution in [0.2, 0.25) is 0 Å². The van der Waals surface area contributed by atoms with Crippen LogP contribution < -0.4 is 15.0 Å². The molecule has 1 N–H and O–H groups in total. The Morgan fingerprint density at radius 3 is 2.72 bits per heavy atom. The molecule has 1 atom stereocenters. The summed E-state index contributed by atoms with van der Waals surface area (Å²) in [7, 11) is 0. The number of nitrogens with one attached hydrogen (secondary N) is 1. The number of benzene rings is 2. The second-order valence-electron chi connectivity index (χ2n) is 6.66. The van der Waals surface area contributed by atoms with Gasteiger partial charge in [0.2, 0.25) is 17.8 Å². The van der Waals surface area contributed by atoms with Gasteiger partial charge in [0.05, 0.1) is 23.9 Å². The van der Waals surface area contributed by atoms with Crippen LogP contribution >= 0.6 is 0 Å². The number of para-hydroxylation sites is 3. The van der Waals surface area contributed by atoms with E-state index in [4.69, 9.17) is 4.74 Å². The van der Waals surface area contributed by atoms with Crippen LogP contribution in [0.1, 0.15) is 13.3 Å². The first-order valence-electron chi connectivity index (χ1n) is 9.46. The number of carbonyl (C=O) groups excluding carboxylic acids is 2. The van der Waals surface area contributed by atoms with E-state index in [0.29, 0.717) is 24.0 Å². The molecule has 1 unspecified atom stereocenters. The molecular weight excluding hydrogens is 370 g/mol. The third kappa shape index (κ3) is 3.82. The van der Waals surface area contributed by atoms with E-state index < -0.39 is 5.92 Å². The lowest BCUT2D eigenvalue weighted by atomic mass is 10.1. The minimum absolute atomic E-state index is 0.109. The van der Waals surface area contributed by atoms with E-state index in [1.54, 1.807) is 9.47 Å². The number of ether oxygens (including phenoxy) is 1. The minimum atomic E-state index is -0.488. The summed E-state index contributed by atoms with van der Waals surface area (Å²) in [5.74, 6) is 0.0925. The van der Waals surface area contributed by atoms with Crippen molar-refractivity contribution in [1.82, 2.24) is 14.8 Å². The molecule has 2 heterocycles. The van der Waals surface area contributed by atoms with Crippen LogP contribution in [-0.4, -0.2) is 39.7 Å². The van der Waals surface area contributed by atoms with E-state index in [2.05, 4.69) is 15.5 Å². The molecule has 8 nitrogen and oxygen atoms in total. The summed E-state index contributed by atoms with van der Waals surface area (Å²) in [5.41, 5.74) is 1.52. The van der Waals surface area contributed by atoms with Crippen LogP contribution in [0.4, 0.5) is 11.6 Å². The highest BCUT2D eigenvalue weighted by Crippen LogP contribution is 2.33. The molecule has 3 aromatic rings. The van der Waals surface area contributed by atoms with E-state index in [-0.39, 0.29) is 24.8 Å². The first-order valence-corrected chi connectivity index (χ1v) is 9.46. The Morgan fingerprint density at radius 2 is 1.93 bits per heavy atom. The Labute approximate surface area is 168 Å². The van der Waals surface area contributed by atoms with Gasteiger partial charge in [-0.05, 0) is 31.2 Å². The quantitative estimate of drug-likeness (QED) is 0.698. The van der Waals surface area contributed by atoms with Crippen LogP contribution in [0, 0.1) is 5.92 Å². The molecule has 0 spiro atoms. The summed E-state index contributed by atoms with van der Waals surface area (Å²) < 4.78 is 7.32. The molecule has 0 saturated carbocycles. The number of hydrogen-bond donors (Lipinski definition) is 1. The molecule has 0 radical (unpaired) electrons. The Bertz CT molecular complexity index is 1020. The van der Waals surface area contributed by atoms with Gasteiger partial charge in [0.1, 0.15) is 12.1 Å². The zero-order valence-corrected chi connectivity index (χ0v) is 16.0. The lowest BCUT2D eigenvalue weighted by Gasteiger charge is -2.20. The highest BCUT2D eigenvalue weighted by atomic mass is 16.5. The van der Waals surface area contributed by atoms with Gasteiger partial charge in [-0.2, -0.15) is 0 Å². The fourth-order valence-corrected chi connectivity index (χ4v) is 3.38. The Morgan fingerprint density at radius 1 is 1.17 bits per heavy atom. The molecule has 2 amide bonds. The SMILES string of the molecule is CCOc1ccccc1N1CC(C(=O)Nc2nncn2-c2ccccc2)CC1=O. The van der Waals surface area contributed by atoms with Gasteiger partial charge in [0.15, 0.2) is 0 Å². The molecule has 2 aromatic carbocycles. The first-order chi connectivity index (χ1) is 14.2. The van der Waals surface area contributed by atoms with E-state index >= 15 is 0 Å². The van der Waals surface area contributed by atoms with Crippen LogP contribution in [0.5, 0.6) is 5.75 Å². The Balaban J connectivity index is 1.50. The summed E-state index contributed by atoms with van der Waals surface area (Å²) in [5, 5.41) is 10.7. The van der Waals surface area contributed by atoms with Crippen molar-refractivity contribution in [1.29, 1.82) is 0 Å².